The van der Waals surface area contributed by atoms with E-state index in [0.29, 0.717) is 22.3 Å². The molecule has 11 heteroatoms. The average molecular weight is 503 g/mol. The lowest BCUT2D eigenvalue weighted by molar-refractivity contribution is -0.384. The van der Waals surface area contributed by atoms with E-state index in [1.807, 2.05) is 0 Å². The van der Waals surface area contributed by atoms with E-state index in [1.165, 1.54) is 48.5 Å². The second kappa shape index (κ2) is 9.22. The van der Waals surface area contributed by atoms with Crippen molar-refractivity contribution in [3.63, 3.8) is 0 Å². The van der Waals surface area contributed by atoms with Gasteiger partial charge in [0, 0.05) is 27.8 Å². The second-order valence-electron chi connectivity index (χ2n) is 6.82. The van der Waals surface area contributed by atoms with E-state index in [-0.39, 0.29) is 32.7 Å². The number of hydrogen-bond donors (Lipinski definition) is 0. The summed E-state index contributed by atoms with van der Waals surface area (Å²) in [6, 6.07) is 13.3. The highest BCUT2D eigenvalue weighted by atomic mass is 35.5. The van der Waals surface area contributed by atoms with E-state index < -0.39 is 28.4 Å². The molecular weight excluding hydrogens is 491 g/mol. The van der Waals surface area contributed by atoms with Crippen molar-refractivity contribution >= 4 is 63.7 Å². The monoisotopic (exact) mass is 502 g/mol. The summed E-state index contributed by atoms with van der Waals surface area (Å²) in [6.07, 6.45) is 1.35. The predicted octanol–water partition coefficient (Wildman–Crippen LogP) is 6.08. The van der Waals surface area contributed by atoms with Crippen LogP contribution in [0.4, 0.5) is 10.5 Å². The van der Waals surface area contributed by atoms with Gasteiger partial charge in [0.2, 0.25) is 0 Å². The second-order valence-corrected chi connectivity index (χ2v) is 8.68. The van der Waals surface area contributed by atoms with Crippen LogP contribution in [0.5, 0.6) is 0 Å². The van der Waals surface area contributed by atoms with Crippen molar-refractivity contribution in [3.05, 3.63) is 91.0 Å². The van der Waals surface area contributed by atoms with Crippen LogP contribution in [-0.2, 0) is 4.79 Å². The minimum atomic E-state index is -0.636. The average Bonchev–Trinajstić information content (AvgIpc) is 3.34. The fraction of sp³-hybridized carbons (Fsp3) is 0.0455. The van der Waals surface area contributed by atoms with E-state index >= 15 is 0 Å². The highest BCUT2D eigenvalue weighted by Gasteiger charge is 2.36. The Morgan fingerprint density at radius 2 is 1.76 bits per heavy atom. The molecule has 33 heavy (non-hydrogen) atoms. The van der Waals surface area contributed by atoms with Crippen LogP contribution in [0.3, 0.4) is 0 Å². The molecule has 0 N–H and O–H groups in total. The highest BCUT2D eigenvalue weighted by Crippen LogP contribution is 2.36. The first-order valence-corrected chi connectivity index (χ1v) is 10.9. The van der Waals surface area contributed by atoms with Crippen LogP contribution in [0.2, 0.25) is 10.0 Å². The smallest absolute Gasteiger partial charge is 0.293 e. The van der Waals surface area contributed by atoms with Gasteiger partial charge in [0.05, 0.1) is 21.9 Å². The first-order chi connectivity index (χ1) is 15.7. The summed E-state index contributed by atoms with van der Waals surface area (Å²) >= 11 is 12.3. The molecule has 3 aromatic rings. The Kier molecular flexibility index (Phi) is 6.37. The summed E-state index contributed by atoms with van der Waals surface area (Å²) in [4.78, 5) is 49.1. The third-order valence-corrected chi connectivity index (χ3v) is 6.06. The summed E-state index contributed by atoms with van der Waals surface area (Å²) in [5.74, 6) is -0.640. The number of carbonyl (C=O) groups is 3. The lowest BCUT2D eigenvalue weighted by atomic mass is 10.1. The van der Waals surface area contributed by atoms with Crippen LogP contribution < -0.4 is 0 Å². The highest BCUT2D eigenvalue weighted by molar-refractivity contribution is 8.18. The number of hydrogen-bond acceptors (Lipinski definition) is 7. The number of rotatable bonds is 6. The van der Waals surface area contributed by atoms with Gasteiger partial charge in [-0.15, -0.1) is 0 Å². The van der Waals surface area contributed by atoms with E-state index in [1.54, 1.807) is 12.1 Å². The van der Waals surface area contributed by atoms with Crippen molar-refractivity contribution in [1.29, 1.82) is 0 Å². The summed E-state index contributed by atoms with van der Waals surface area (Å²) in [5.41, 5.74) is 0.304. The molecule has 0 aliphatic carbocycles. The summed E-state index contributed by atoms with van der Waals surface area (Å²) in [5, 5.41) is 11.4. The number of amides is 2. The minimum Gasteiger partial charge on any atom is -0.456 e. The van der Waals surface area contributed by atoms with Gasteiger partial charge in [-0.2, -0.15) is 0 Å². The summed E-state index contributed by atoms with van der Waals surface area (Å²) in [7, 11) is 0. The van der Waals surface area contributed by atoms with E-state index in [2.05, 4.69) is 0 Å². The number of ketones is 1. The molecule has 0 bridgehead atoms. The van der Waals surface area contributed by atoms with Gasteiger partial charge >= 0.3 is 0 Å². The molecule has 1 saturated heterocycles. The Balaban J connectivity index is 1.54. The van der Waals surface area contributed by atoms with Crippen molar-refractivity contribution in [1.82, 2.24) is 4.90 Å². The lowest BCUT2D eigenvalue weighted by Crippen LogP contribution is -2.33. The molecule has 0 unspecified atom stereocenters. The molecular formula is C22H12Cl2N2O6S. The van der Waals surface area contributed by atoms with Gasteiger partial charge in [-0.1, -0.05) is 23.2 Å². The van der Waals surface area contributed by atoms with Gasteiger partial charge in [-0.25, -0.2) is 0 Å². The molecule has 0 radical (unpaired) electrons. The summed E-state index contributed by atoms with van der Waals surface area (Å²) < 4.78 is 5.64. The Bertz CT molecular complexity index is 1330. The number of carbonyl (C=O) groups excluding carboxylic acids is 3. The van der Waals surface area contributed by atoms with Crippen molar-refractivity contribution in [2.75, 3.05) is 6.54 Å². The molecule has 1 aliphatic heterocycles. The number of halogens is 2. The van der Waals surface area contributed by atoms with Crippen LogP contribution in [-0.4, -0.2) is 33.3 Å². The molecule has 2 aromatic carbocycles. The van der Waals surface area contributed by atoms with Gasteiger partial charge in [-0.05, 0) is 60.3 Å². The van der Waals surface area contributed by atoms with Gasteiger partial charge in [0.1, 0.15) is 11.5 Å². The number of furan rings is 1. The Hall–Kier alpha value is -3.40. The number of thioether (sulfide) groups is 1. The van der Waals surface area contributed by atoms with Crippen LogP contribution in [0.15, 0.2) is 63.9 Å². The van der Waals surface area contributed by atoms with Crippen LogP contribution in [0, 0.1) is 10.1 Å². The first kappa shape index (κ1) is 22.8. The molecule has 0 spiro atoms. The third-order valence-electron chi connectivity index (χ3n) is 4.66. The van der Waals surface area contributed by atoms with Crippen LogP contribution >= 0.6 is 35.0 Å². The predicted molar refractivity (Wildman–Crippen MR) is 124 cm³/mol. The zero-order valence-electron chi connectivity index (χ0n) is 16.5. The lowest BCUT2D eigenvalue weighted by Gasteiger charge is -2.11. The molecule has 1 aromatic heterocycles. The number of Topliss-reactive ketones (excluding diaryl/α,β-unsaturated/α-hetero) is 1. The molecule has 0 saturated carbocycles. The van der Waals surface area contributed by atoms with Gasteiger partial charge in [0.15, 0.2) is 5.78 Å². The molecule has 1 aliphatic rings. The van der Waals surface area contributed by atoms with Crippen molar-refractivity contribution in [3.8, 4) is 11.3 Å². The normalized spacial score (nSPS) is 14.8. The van der Waals surface area contributed by atoms with Gasteiger partial charge < -0.3 is 4.42 Å². The fourth-order valence-corrected chi connectivity index (χ4v) is 4.19. The molecule has 2 amide bonds. The Morgan fingerprint density at radius 3 is 2.45 bits per heavy atom. The Morgan fingerprint density at radius 1 is 1.06 bits per heavy atom. The van der Waals surface area contributed by atoms with Crippen molar-refractivity contribution < 1.29 is 23.7 Å². The number of nitrogens with zero attached hydrogens (tertiary/aromatic N) is 2. The van der Waals surface area contributed by atoms with Crippen molar-refractivity contribution in [2.24, 2.45) is 0 Å². The maximum Gasteiger partial charge on any atom is 0.293 e. The number of benzene rings is 2. The minimum absolute atomic E-state index is 0.0652. The zero-order chi connectivity index (χ0) is 23.7. The molecule has 8 nitrogen and oxygen atoms in total. The molecule has 1 fully saturated rings. The quantitative estimate of drug-likeness (QED) is 0.173. The SMILES string of the molecule is O=C(CN1C(=O)S/C(=C/c2ccc(-c3ccc(Cl)cc3[N+](=O)[O-])o2)C1=O)c1ccc(Cl)cc1. The fourth-order valence-electron chi connectivity index (χ4n) is 3.08. The van der Waals surface area contributed by atoms with Crippen LogP contribution in [0.25, 0.3) is 17.4 Å². The molecule has 2 heterocycles. The van der Waals surface area contributed by atoms with Gasteiger partial charge in [0.25, 0.3) is 16.8 Å². The maximum atomic E-state index is 12.7. The van der Waals surface area contributed by atoms with E-state index in [0.717, 1.165) is 4.90 Å². The topological polar surface area (TPSA) is 111 Å². The number of imide groups is 1. The number of nitro benzene ring substituents is 1. The largest absolute Gasteiger partial charge is 0.456 e. The third kappa shape index (κ3) is 4.85. The van der Waals surface area contributed by atoms with Crippen molar-refractivity contribution in [2.45, 2.75) is 0 Å². The Labute approximate surface area is 200 Å². The molecule has 4 rings (SSSR count). The zero-order valence-corrected chi connectivity index (χ0v) is 18.8. The maximum absolute atomic E-state index is 12.7. The molecule has 166 valence electrons. The van der Waals surface area contributed by atoms with Crippen LogP contribution in [0.1, 0.15) is 16.1 Å². The molecule has 0 atom stereocenters. The van der Waals surface area contributed by atoms with E-state index in [9.17, 15) is 24.5 Å². The van der Waals surface area contributed by atoms with Gasteiger partial charge in [-0.3, -0.25) is 29.4 Å². The summed E-state index contributed by atoms with van der Waals surface area (Å²) in [6.45, 7) is -0.413. The number of nitro groups is 1. The van der Waals surface area contributed by atoms with E-state index in [4.69, 9.17) is 27.6 Å². The standard InChI is InChI=1S/C22H12Cl2N2O6S/c23-13-3-1-12(2-4-13)18(27)11-25-21(28)20(33-22(25)29)10-15-6-8-19(32-15)16-7-5-14(24)9-17(16)26(30)31/h1-10H,11H2/b20-10+. The first-order valence-electron chi connectivity index (χ1n) is 9.31.